The summed E-state index contributed by atoms with van der Waals surface area (Å²) in [4.78, 5) is 17.4. The Morgan fingerprint density at radius 3 is 2.46 bits per heavy atom. The van der Waals surface area contributed by atoms with Crippen LogP contribution in [0.1, 0.15) is 19.3 Å². The van der Waals surface area contributed by atoms with Crippen molar-refractivity contribution in [2.24, 2.45) is 0 Å². The molecule has 0 aromatic heterocycles. The number of nitrogens with zero attached hydrogens (tertiary/aromatic N) is 2. The van der Waals surface area contributed by atoms with Gasteiger partial charge in [0.05, 0.1) is 6.67 Å². The van der Waals surface area contributed by atoms with Gasteiger partial charge in [-0.25, -0.2) is 4.39 Å². The van der Waals surface area contributed by atoms with Crippen molar-refractivity contribution in [2.75, 3.05) is 43.1 Å². The molecule has 2 aromatic rings. The predicted molar refractivity (Wildman–Crippen MR) is 110 cm³/mol. The fraction of sp³-hybridized carbons (Fsp3) is 0.409. The summed E-state index contributed by atoms with van der Waals surface area (Å²) >= 11 is 0. The van der Waals surface area contributed by atoms with Crippen molar-refractivity contribution < 1.29 is 9.18 Å². The van der Waals surface area contributed by atoms with Crippen molar-refractivity contribution >= 4 is 17.3 Å². The Labute approximate surface area is 165 Å². The lowest BCUT2D eigenvalue weighted by atomic mass is 9.85. The lowest BCUT2D eigenvalue weighted by molar-refractivity contribution is -0.125. The summed E-state index contributed by atoms with van der Waals surface area (Å²) < 4.78 is 12.9. The van der Waals surface area contributed by atoms with Crippen LogP contribution >= 0.6 is 0 Å². The van der Waals surface area contributed by atoms with E-state index in [0.29, 0.717) is 6.67 Å². The van der Waals surface area contributed by atoms with Crippen LogP contribution in [0, 0.1) is 5.82 Å². The van der Waals surface area contributed by atoms with Crippen LogP contribution in [0.25, 0.3) is 0 Å². The van der Waals surface area contributed by atoms with E-state index in [1.807, 2.05) is 18.2 Å². The molecular weight excluding hydrogens is 355 g/mol. The maximum atomic E-state index is 12.9. The highest BCUT2D eigenvalue weighted by Gasteiger charge is 2.50. The summed E-state index contributed by atoms with van der Waals surface area (Å²) in [6.07, 6.45) is 2.71. The van der Waals surface area contributed by atoms with Crippen LogP contribution in [-0.2, 0) is 4.79 Å². The summed E-state index contributed by atoms with van der Waals surface area (Å²) in [6, 6.07) is 16.7. The molecule has 4 rings (SSSR count). The van der Waals surface area contributed by atoms with Gasteiger partial charge in [0, 0.05) is 31.0 Å². The topological polar surface area (TPSA) is 47.6 Å². The fourth-order valence-corrected chi connectivity index (χ4v) is 4.28. The molecule has 5 nitrogen and oxygen atoms in total. The molecule has 2 fully saturated rings. The molecule has 0 unspecified atom stereocenters. The van der Waals surface area contributed by atoms with Crippen LogP contribution in [0.4, 0.5) is 15.8 Å². The van der Waals surface area contributed by atoms with E-state index in [2.05, 4.69) is 32.6 Å². The summed E-state index contributed by atoms with van der Waals surface area (Å²) in [5, 5.41) is 6.38. The number of amides is 1. The fourth-order valence-electron chi connectivity index (χ4n) is 4.28. The lowest BCUT2D eigenvalue weighted by Gasteiger charge is -2.43. The molecule has 2 N–H and O–H groups in total. The first-order valence-electron chi connectivity index (χ1n) is 10.0. The van der Waals surface area contributed by atoms with Crippen LogP contribution in [0.15, 0.2) is 54.6 Å². The number of para-hydroxylation sites is 1. The number of carbonyl (C=O) groups is 1. The SMILES string of the molecule is O=C1NCN(c2ccccc2)C12CCN(CCCNc1ccc(F)cc1)CC2. The van der Waals surface area contributed by atoms with Gasteiger partial charge in [-0.3, -0.25) is 4.79 Å². The molecule has 2 aliphatic rings. The highest BCUT2D eigenvalue weighted by molar-refractivity contribution is 5.93. The number of halogens is 1. The molecule has 0 radical (unpaired) electrons. The Kier molecular flexibility index (Phi) is 5.48. The average molecular weight is 382 g/mol. The van der Waals surface area contributed by atoms with Gasteiger partial charge < -0.3 is 20.4 Å². The Hall–Kier alpha value is -2.60. The molecule has 148 valence electrons. The Balaban J connectivity index is 1.27. The molecular formula is C22H27FN4O. The number of rotatable bonds is 6. The predicted octanol–water partition coefficient (Wildman–Crippen LogP) is 3.06. The number of carbonyl (C=O) groups excluding carboxylic acids is 1. The number of hydrogen-bond donors (Lipinski definition) is 2. The Morgan fingerprint density at radius 2 is 1.75 bits per heavy atom. The third-order valence-corrected chi connectivity index (χ3v) is 5.91. The van der Waals surface area contributed by atoms with Gasteiger partial charge in [-0.05, 0) is 62.2 Å². The summed E-state index contributed by atoms with van der Waals surface area (Å²) in [5.41, 5.74) is 1.64. The Bertz CT molecular complexity index is 788. The van der Waals surface area contributed by atoms with Gasteiger partial charge in [-0.1, -0.05) is 18.2 Å². The second-order valence-corrected chi connectivity index (χ2v) is 7.59. The maximum Gasteiger partial charge on any atom is 0.247 e. The van der Waals surface area contributed by atoms with Crippen molar-refractivity contribution in [1.82, 2.24) is 10.2 Å². The Morgan fingerprint density at radius 1 is 1.04 bits per heavy atom. The summed E-state index contributed by atoms with van der Waals surface area (Å²) in [7, 11) is 0. The molecule has 1 amide bonds. The van der Waals surface area contributed by atoms with Crippen LogP contribution in [0.2, 0.25) is 0 Å². The molecule has 0 aliphatic carbocycles. The first-order valence-corrected chi connectivity index (χ1v) is 10.0. The van der Waals surface area contributed by atoms with Crippen molar-refractivity contribution in [2.45, 2.75) is 24.8 Å². The number of anilines is 2. The number of piperidine rings is 1. The van der Waals surface area contributed by atoms with Crippen LogP contribution in [0.3, 0.4) is 0 Å². The molecule has 1 spiro atoms. The average Bonchev–Trinajstić information content (AvgIpc) is 3.04. The van der Waals surface area contributed by atoms with Gasteiger partial charge in [0.2, 0.25) is 5.91 Å². The van der Waals surface area contributed by atoms with E-state index < -0.39 is 5.54 Å². The molecule has 28 heavy (non-hydrogen) atoms. The summed E-state index contributed by atoms with van der Waals surface area (Å²) in [6.45, 7) is 4.28. The van der Waals surface area contributed by atoms with Gasteiger partial charge in [-0.2, -0.15) is 0 Å². The van der Waals surface area contributed by atoms with Gasteiger partial charge in [-0.15, -0.1) is 0 Å². The zero-order valence-corrected chi connectivity index (χ0v) is 16.0. The molecule has 2 heterocycles. The second-order valence-electron chi connectivity index (χ2n) is 7.59. The number of nitrogens with one attached hydrogen (secondary N) is 2. The third kappa shape index (κ3) is 3.83. The standard InChI is InChI=1S/C22H27FN4O/c23-18-7-9-19(10-8-18)24-13-4-14-26-15-11-22(12-16-26)21(28)25-17-27(22)20-5-2-1-3-6-20/h1-3,5-10,24H,4,11-17H2,(H,25,28). The normalized spacial score (nSPS) is 19.0. The van der Waals surface area contributed by atoms with Gasteiger partial charge in [0.15, 0.2) is 0 Å². The van der Waals surface area contributed by atoms with Gasteiger partial charge >= 0.3 is 0 Å². The third-order valence-electron chi connectivity index (χ3n) is 5.91. The van der Waals surface area contributed by atoms with E-state index in [1.165, 1.54) is 12.1 Å². The van der Waals surface area contributed by atoms with E-state index in [0.717, 1.165) is 56.8 Å². The van der Waals surface area contributed by atoms with Crippen LogP contribution < -0.4 is 15.5 Å². The molecule has 2 saturated heterocycles. The number of benzene rings is 2. The molecule has 0 atom stereocenters. The smallest absolute Gasteiger partial charge is 0.247 e. The van der Waals surface area contributed by atoms with E-state index in [-0.39, 0.29) is 11.7 Å². The molecule has 6 heteroatoms. The largest absolute Gasteiger partial charge is 0.385 e. The molecule has 2 aromatic carbocycles. The van der Waals surface area contributed by atoms with Crippen molar-refractivity contribution in [3.05, 3.63) is 60.4 Å². The van der Waals surface area contributed by atoms with E-state index in [4.69, 9.17) is 0 Å². The van der Waals surface area contributed by atoms with Crippen molar-refractivity contribution in [3.8, 4) is 0 Å². The minimum Gasteiger partial charge on any atom is -0.385 e. The van der Waals surface area contributed by atoms with E-state index in [1.54, 1.807) is 12.1 Å². The first kappa shape index (κ1) is 18.7. The van der Waals surface area contributed by atoms with E-state index >= 15 is 0 Å². The van der Waals surface area contributed by atoms with Crippen molar-refractivity contribution in [1.29, 1.82) is 0 Å². The van der Waals surface area contributed by atoms with Gasteiger partial charge in [0.25, 0.3) is 0 Å². The monoisotopic (exact) mass is 382 g/mol. The quantitative estimate of drug-likeness (QED) is 0.754. The zero-order chi connectivity index (χ0) is 19.4. The van der Waals surface area contributed by atoms with Gasteiger partial charge in [0.1, 0.15) is 11.4 Å². The van der Waals surface area contributed by atoms with Crippen molar-refractivity contribution in [3.63, 3.8) is 0 Å². The van der Waals surface area contributed by atoms with Crippen LogP contribution in [0.5, 0.6) is 0 Å². The first-order chi connectivity index (χ1) is 13.7. The second kappa shape index (κ2) is 8.19. The minimum absolute atomic E-state index is 0.161. The number of hydrogen-bond acceptors (Lipinski definition) is 4. The maximum absolute atomic E-state index is 12.9. The van der Waals surface area contributed by atoms with E-state index in [9.17, 15) is 9.18 Å². The lowest BCUT2D eigenvalue weighted by Crippen LogP contribution is -2.56. The molecule has 0 saturated carbocycles. The highest BCUT2D eigenvalue weighted by Crippen LogP contribution is 2.36. The highest BCUT2D eigenvalue weighted by atomic mass is 19.1. The minimum atomic E-state index is -0.412. The zero-order valence-electron chi connectivity index (χ0n) is 16.0. The molecule has 2 aliphatic heterocycles. The summed E-state index contributed by atoms with van der Waals surface area (Å²) in [5.74, 6) is -0.0535. The number of likely N-dealkylation sites (tertiary alicyclic amines) is 1. The molecule has 0 bridgehead atoms. The van der Waals surface area contributed by atoms with Crippen LogP contribution in [-0.4, -0.2) is 49.2 Å².